The zero-order chi connectivity index (χ0) is 10.8. The quantitative estimate of drug-likeness (QED) is 0.587. The Morgan fingerprint density at radius 2 is 1.29 bits per heavy atom. The van der Waals surface area contributed by atoms with Crippen LogP contribution in [0.2, 0.25) is 0 Å². The standard InChI is InChI=1S/C10H18N4/c1-3-9(7-11)13-5-6-14-10(4-2)8-12/h9-10,13-14H,3-6H2,1-2H3. The third-order valence-electron chi connectivity index (χ3n) is 2.03. The van der Waals surface area contributed by atoms with Gasteiger partial charge in [0.2, 0.25) is 0 Å². The van der Waals surface area contributed by atoms with E-state index in [2.05, 4.69) is 22.8 Å². The molecule has 4 nitrogen and oxygen atoms in total. The summed E-state index contributed by atoms with van der Waals surface area (Å²) in [5, 5.41) is 23.5. The van der Waals surface area contributed by atoms with Crippen LogP contribution in [-0.4, -0.2) is 25.2 Å². The van der Waals surface area contributed by atoms with Crippen LogP contribution >= 0.6 is 0 Å². The highest BCUT2D eigenvalue weighted by Crippen LogP contribution is 1.88. The Labute approximate surface area is 85.9 Å². The highest BCUT2D eigenvalue weighted by atomic mass is 15.0. The number of hydrogen-bond acceptors (Lipinski definition) is 4. The minimum absolute atomic E-state index is 0.0704. The molecule has 2 atom stereocenters. The average molecular weight is 194 g/mol. The second kappa shape index (κ2) is 8.50. The molecule has 0 aliphatic heterocycles. The fourth-order valence-corrected chi connectivity index (χ4v) is 1.06. The van der Waals surface area contributed by atoms with E-state index in [1.807, 2.05) is 13.8 Å². The molecular weight excluding hydrogens is 176 g/mol. The van der Waals surface area contributed by atoms with Crippen LogP contribution < -0.4 is 10.6 Å². The highest BCUT2D eigenvalue weighted by Gasteiger charge is 2.04. The van der Waals surface area contributed by atoms with E-state index in [4.69, 9.17) is 10.5 Å². The fraction of sp³-hybridized carbons (Fsp3) is 0.800. The van der Waals surface area contributed by atoms with Gasteiger partial charge in [0.1, 0.15) is 0 Å². The number of nitrogens with zero attached hydrogens (tertiary/aromatic N) is 2. The first kappa shape index (κ1) is 12.9. The van der Waals surface area contributed by atoms with Gasteiger partial charge in [-0.2, -0.15) is 10.5 Å². The van der Waals surface area contributed by atoms with Crippen molar-refractivity contribution >= 4 is 0 Å². The SMILES string of the molecule is CCC(C#N)NCCNC(C#N)CC. The summed E-state index contributed by atoms with van der Waals surface area (Å²) >= 11 is 0. The molecule has 0 aromatic carbocycles. The molecule has 0 aliphatic carbocycles. The minimum atomic E-state index is -0.0704. The van der Waals surface area contributed by atoms with Gasteiger partial charge >= 0.3 is 0 Å². The Hall–Kier alpha value is -1.10. The van der Waals surface area contributed by atoms with Crippen molar-refractivity contribution in [2.24, 2.45) is 0 Å². The van der Waals surface area contributed by atoms with Crippen LogP contribution in [-0.2, 0) is 0 Å². The van der Waals surface area contributed by atoms with Gasteiger partial charge in [0.15, 0.2) is 0 Å². The first-order valence-corrected chi connectivity index (χ1v) is 5.04. The van der Waals surface area contributed by atoms with E-state index in [1.54, 1.807) is 0 Å². The molecule has 0 fully saturated rings. The Morgan fingerprint density at radius 1 is 0.929 bits per heavy atom. The fourth-order valence-electron chi connectivity index (χ4n) is 1.06. The molecule has 78 valence electrons. The van der Waals surface area contributed by atoms with Crippen LogP contribution in [0.4, 0.5) is 0 Å². The molecule has 0 aliphatic rings. The van der Waals surface area contributed by atoms with Crippen LogP contribution in [0.3, 0.4) is 0 Å². The number of nitrogens with one attached hydrogen (secondary N) is 2. The maximum Gasteiger partial charge on any atom is 0.0950 e. The molecule has 0 spiro atoms. The van der Waals surface area contributed by atoms with E-state index < -0.39 is 0 Å². The lowest BCUT2D eigenvalue weighted by atomic mass is 10.2. The molecule has 2 N–H and O–H groups in total. The van der Waals surface area contributed by atoms with Crippen LogP contribution in [0.25, 0.3) is 0 Å². The molecule has 0 bridgehead atoms. The van der Waals surface area contributed by atoms with Crippen LogP contribution in [0.5, 0.6) is 0 Å². The average Bonchev–Trinajstić information content (AvgIpc) is 2.24. The molecule has 0 saturated carbocycles. The molecule has 0 aromatic rings. The topological polar surface area (TPSA) is 71.6 Å². The third-order valence-corrected chi connectivity index (χ3v) is 2.03. The van der Waals surface area contributed by atoms with Gasteiger partial charge in [-0.05, 0) is 12.8 Å². The van der Waals surface area contributed by atoms with E-state index in [-0.39, 0.29) is 12.1 Å². The van der Waals surface area contributed by atoms with E-state index >= 15 is 0 Å². The lowest BCUT2D eigenvalue weighted by molar-refractivity contribution is 0.527. The summed E-state index contributed by atoms with van der Waals surface area (Å²) in [6.07, 6.45) is 1.62. The van der Waals surface area contributed by atoms with Gasteiger partial charge in [0.05, 0.1) is 24.2 Å². The molecule has 0 heterocycles. The maximum absolute atomic E-state index is 8.64. The van der Waals surface area contributed by atoms with Crippen molar-refractivity contribution < 1.29 is 0 Å². The number of rotatable bonds is 7. The van der Waals surface area contributed by atoms with E-state index in [0.29, 0.717) is 0 Å². The van der Waals surface area contributed by atoms with Gasteiger partial charge < -0.3 is 10.6 Å². The van der Waals surface area contributed by atoms with E-state index in [0.717, 1.165) is 25.9 Å². The van der Waals surface area contributed by atoms with Gasteiger partial charge in [0.25, 0.3) is 0 Å². The van der Waals surface area contributed by atoms with E-state index in [1.165, 1.54) is 0 Å². The van der Waals surface area contributed by atoms with E-state index in [9.17, 15) is 0 Å². The monoisotopic (exact) mass is 194 g/mol. The minimum Gasteiger partial charge on any atom is -0.301 e. The normalized spacial score (nSPS) is 14.0. The predicted molar refractivity (Wildman–Crippen MR) is 55.4 cm³/mol. The van der Waals surface area contributed by atoms with Crippen molar-refractivity contribution in [3.05, 3.63) is 0 Å². The molecule has 4 heteroatoms. The summed E-state index contributed by atoms with van der Waals surface area (Å²) in [6.45, 7) is 5.39. The van der Waals surface area contributed by atoms with Crippen LogP contribution in [0.15, 0.2) is 0 Å². The second-order valence-corrected chi connectivity index (χ2v) is 3.09. The van der Waals surface area contributed by atoms with Gasteiger partial charge in [-0.25, -0.2) is 0 Å². The van der Waals surface area contributed by atoms with Crippen molar-refractivity contribution in [2.45, 2.75) is 38.8 Å². The molecule has 14 heavy (non-hydrogen) atoms. The Balaban J connectivity index is 3.47. The van der Waals surface area contributed by atoms with Gasteiger partial charge in [-0.3, -0.25) is 0 Å². The number of nitriles is 2. The second-order valence-electron chi connectivity index (χ2n) is 3.09. The summed E-state index contributed by atoms with van der Waals surface area (Å²) in [4.78, 5) is 0. The summed E-state index contributed by atoms with van der Waals surface area (Å²) in [6, 6.07) is 4.19. The summed E-state index contributed by atoms with van der Waals surface area (Å²) in [7, 11) is 0. The van der Waals surface area contributed by atoms with Crippen LogP contribution in [0.1, 0.15) is 26.7 Å². The summed E-state index contributed by atoms with van der Waals surface area (Å²) < 4.78 is 0. The highest BCUT2D eigenvalue weighted by molar-refractivity contribution is 4.90. The van der Waals surface area contributed by atoms with Crippen molar-refractivity contribution in [1.29, 1.82) is 10.5 Å². The Bertz CT molecular complexity index is 189. The van der Waals surface area contributed by atoms with Gasteiger partial charge in [-0.15, -0.1) is 0 Å². The third kappa shape index (κ3) is 5.53. The maximum atomic E-state index is 8.64. The zero-order valence-corrected chi connectivity index (χ0v) is 8.88. The van der Waals surface area contributed by atoms with Gasteiger partial charge in [-0.1, -0.05) is 13.8 Å². The smallest absolute Gasteiger partial charge is 0.0950 e. The molecule has 0 aromatic heterocycles. The zero-order valence-electron chi connectivity index (χ0n) is 8.88. The number of hydrogen-bond donors (Lipinski definition) is 2. The molecule has 2 unspecified atom stereocenters. The molecule has 0 saturated heterocycles. The van der Waals surface area contributed by atoms with Crippen molar-refractivity contribution in [1.82, 2.24) is 10.6 Å². The Kier molecular flexibility index (Phi) is 7.83. The first-order chi connectivity index (χ1) is 6.78. The molecule has 0 amide bonds. The molecule has 0 rings (SSSR count). The molecular formula is C10H18N4. The first-order valence-electron chi connectivity index (χ1n) is 5.04. The largest absolute Gasteiger partial charge is 0.301 e. The van der Waals surface area contributed by atoms with Crippen molar-refractivity contribution in [3.8, 4) is 12.1 Å². The summed E-state index contributed by atoms with van der Waals surface area (Å²) in [5.41, 5.74) is 0. The van der Waals surface area contributed by atoms with Crippen molar-refractivity contribution in [3.63, 3.8) is 0 Å². The van der Waals surface area contributed by atoms with Crippen molar-refractivity contribution in [2.75, 3.05) is 13.1 Å². The van der Waals surface area contributed by atoms with Crippen LogP contribution in [0, 0.1) is 22.7 Å². The lowest BCUT2D eigenvalue weighted by Gasteiger charge is -2.11. The summed E-state index contributed by atoms with van der Waals surface area (Å²) in [5.74, 6) is 0. The Morgan fingerprint density at radius 3 is 1.50 bits per heavy atom. The predicted octanol–water partition coefficient (Wildman–Crippen LogP) is 0.770. The lowest BCUT2D eigenvalue weighted by Crippen LogP contribution is -2.37. The molecule has 0 radical (unpaired) electrons. The van der Waals surface area contributed by atoms with Gasteiger partial charge in [0, 0.05) is 13.1 Å².